The summed E-state index contributed by atoms with van der Waals surface area (Å²) >= 11 is 0. The summed E-state index contributed by atoms with van der Waals surface area (Å²) in [5.74, 6) is -0.317. The van der Waals surface area contributed by atoms with Gasteiger partial charge in [-0.2, -0.15) is 10.2 Å². The quantitative estimate of drug-likeness (QED) is 0.506. The van der Waals surface area contributed by atoms with Gasteiger partial charge in [-0.3, -0.25) is 0 Å². The van der Waals surface area contributed by atoms with Crippen LogP contribution in [0.25, 0.3) is 0 Å². The highest BCUT2D eigenvalue weighted by atomic mass is 16.3. The van der Waals surface area contributed by atoms with Crippen LogP contribution in [0.4, 0.5) is 0 Å². The van der Waals surface area contributed by atoms with Crippen molar-refractivity contribution in [2.24, 2.45) is 10.2 Å². The molecule has 0 radical (unpaired) electrons. The van der Waals surface area contributed by atoms with Gasteiger partial charge in [-0.25, -0.2) is 0 Å². The van der Waals surface area contributed by atoms with E-state index in [1.54, 1.807) is 0 Å². The zero-order chi connectivity index (χ0) is 14.5. The van der Waals surface area contributed by atoms with Crippen molar-refractivity contribution in [3.63, 3.8) is 0 Å². The van der Waals surface area contributed by atoms with E-state index >= 15 is 0 Å². The van der Waals surface area contributed by atoms with Crippen molar-refractivity contribution in [1.82, 2.24) is 0 Å². The molecular formula is C14H12N2O4. The average Bonchev–Trinajstić information content (AvgIpc) is 2.39. The topological polar surface area (TPSA) is 106 Å². The van der Waals surface area contributed by atoms with Crippen LogP contribution in [-0.4, -0.2) is 32.9 Å². The van der Waals surface area contributed by atoms with Crippen molar-refractivity contribution in [3.05, 3.63) is 47.5 Å². The Morgan fingerprint density at radius 3 is 1.40 bits per heavy atom. The fourth-order valence-corrected chi connectivity index (χ4v) is 1.47. The van der Waals surface area contributed by atoms with Crippen molar-refractivity contribution in [2.75, 3.05) is 0 Å². The van der Waals surface area contributed by atoms with Gasteiger partial charge in [-0.15, -0.1) is 0 Å². The van der Waals surface area contributed by atoms with Crippen LogP contribution >= 0.6 is 0 Å². The third kappa shape index (κ3) is 3.26. The highest BCUT2D eigenvalue weighted by Crippen LogP contribution is 2.22. The number of benzene rings is 2. The van der Waals surface area contributed by atoms with E-state index in [2.05, 4.69) is 10.2 Å². The van der Waals surface area contributed by atoms with E-state index < -0.39 is 0 Å². The van der Waals surface area contributed by atoms with Crippen molar-refractivity contribution in [1.29, 1.82) is 0 Å². The summed E-state index contributed by atoms with van der Waals surface area (Å²) in [7, 11) is 0. The van der Waals surface area contributed by atoms with Gasteiger partial charge in [0.25, 0.3) is 0 Å². The van der Waals surface area contributed by atoms with E-state index in [-0.39, 0.29) is 23.0 Å². The molecule has 0 unspecified atom stereocenters. The van der Waals surface area contributed by atoms with Crippen LogP contribution in [0.3, 0.4) is 0 Å². The summed E-state index contributed by atoms with van der Waals surface area (Å²) in [6.45, 7) is 0. The lowest BCUT2D eigenvalue weighted by atomic mass is 10.2. The monoisotopic (exact) mass is 272 g/mol. The predicted octanol–water partition coefficient (Wildman–Crippen LogP) is 1.96. The second kappa shape index (κ2) is 5.75. The minimum atomic E-state index is -0.114. The van der Waals surface area contributed by atoms with E-state index in [1.807, 2.05) is 0 Å². The average molecular weight is 272 g/mol. The molecule has 2 rings (SSSR count). The number of phenols is 4. The normalized spacial score (nSPS) is 11.4. The van der Waals surface area contributed by atoms with Crippen molar-refractivity contribution < 1.29 is 20.4 Å². The van der Waals surface area contributed by atoms with Crippen molar-refractivity contribution >= 4 is 12.4 Å². The molecule has 0 saturated carbocycles. The zero-order valence-corrected chi connectivity index (χ0v) is 10.3. The molecule has 4 N–H and O–H groups in total. The first-order valence-electron chi connectivity index (χ1n) is 5.66. The van der Waals surface area contributed by atoms with Crippen LogP contribution < -0.4 is 0 Å². The Hall–Kier alpha value is -3.02. The van der Waals surface area contributed by atoms with Crippen molar-refractivity contribution in [2.45, 2.75) is 0 Å². The van der Waals surface area contributed by atoms with Gasteiger partial charge in [0.05, 0.1) is 12.4 Å². The molecule has 0 spiro atoms. The van der Waals surface area contributed by atoms with Gasteiger partial charge in [0.15, 0.2) is 0 Å². The molecular weight excluding hydrogens is 260 g/mol. The first-order chi connectivity index (χ1) is 9.56. The lowest BCUT2D eigenvalue weighted by Gasteiger charge is -1.98. The van der Waals surface area contributed by atoms with Gasteiger partial charge < -0.3 is 20.4 Å². The lowest BCUT2D eigenvalue weighted by molar-refractivity contribution is 0.449. The van der Waals surface area contributed by atoms with Gasteiger partial charge in [0.2, 0.25) is 0 Å². The van der Waals surface area contributed by atoms with Crippen LogP contribution in [0.2, 0.25) is 0 Å². The van der Waals surface area contributed by atoms with Gasteiger partial charge >= 0.3 is 0 Å². The fourth-order valence-electron chi connectivity index (χ4n) is 1.47. The van der Waals surface area contributed by atoms with E-state index in [9.17, 15) is 10.2 Å². The summed E-state index contributed by atoms with van der Waals surface area (Å²) in [6.07, 6.45) is 2.62. The Balaban J connectivity index is 2.11. The summed E-state index contributed by atoms with van der Waals surface area (Å²) in [6, 6.07) is 8.18. The minimum absolute atomic E-state index is 0.0443. The maximum atomic E-state index is 9.51. The largest absolute Gasteiger partial charge is 0.508 e. The molecule has 0 fully saturated rings. The molecule has 0 aromatic heterocycles. The van der Waals surface area contributed by atoms with Gasteiger partial charge in [-0.1, -0.05) is 0 Å². The lowest BCUT2D eigenvalue weighted by Crippen LogP contribution is -1.83. The molecule has 6 nitrogen and oxygen atoms in total. The number of nitrogens with zero attached hydrogens (tertiary/aromatic N) is 2. The Morgan fingerprint density at radius 2 is 1.05 bits per heavy atom. The number of aromatic hydroxyl groups is 4. The van der Waals surface area contributed by atoms with Crippen LogP contribution in [0.5, 0.6) is 23.0 Å². The molecule has 0 amide bonds. The zero-order valence-electron chi connectivity index (χ0n) is 10.3. The maximum Gasteiger partial charge on any atom is 0.128 e. The van der Waals surface area contributed by atoms with Crippen LogP contribution in [0.1, 0.15) is 11.1 Å². The standard InChI is InChI=1S/C14H12N2O4/c17-11-3-1-9(13(19)5-11)7-15-16-8-10-2-4-12(18)6-14(10)20/h1-8,17-20H/b15-7+,16-8+. The van der Waals surface area contributed by atoms with Crippen LogP contribution in [0, 0.1) is 0 Å². The van der Waals surface area contributed by atoms with Gasteiger partial charge in [-0.05, 0) is 24.3 Å². The number of rotatable bonds is 3. The summed E-state index contributed by atoms with van der Waals surface area (Å²) < 4.78 is 0. The first kappa shape index (κ1) is 13.4. The highest BCUT2D eigenvalue weighted by molar-refractivity contribution is 5.86. The molecule has 0 atom stereocenters. The SMILES string of the molecule is Oc1ccc(/C=N/N=C/c2ccc(O)cc2O)c(O)c1. The molecule has 0 heterocycles. The fraction of sp³-hybridized carbons (Fsp3) is 0. The number of phenolic OH excluding ortho intramolecular Hbond substituents is 4. The number of hydrogen-bond donors (Lipinski definition) is 4. The van der Waals surface area contributed by atoms with E-state index in [1.165, 1.54) is 48.8 Å². The predicted molar refractivity (Wildman–Crippen MR) is 74.7 cm³/mol. The molecule has 20 heavy (non-hydrogen) atoms. The molecule has 0 aliphatic rings. The molecule has 6 heteroatoms. The molecule has 0 aliphatic carbocycles. The Kier molecular flexibility index (Phi) is 3.85. The molecule has 102 valence electrons. The van der Waals surface area contributed by atoms with Gasteiger partial charge in [0, 0.05) is 23.3 Å². The van der Waals surface area contributed by atoms with E-state index in [0.717, 1.165) is 0 Å². The minimum Gasteiger partial charge on any atom is -0.508 e. The highest BCUT2D eigenvalue weighted by Gasteiger charge is 1.99. The Labute approximate surface area is 114 Å². The molecule has 0 saturated heterocycles. The first-order valence-corrected chi connectivity index (χ1v) is 5.66. The van der Waals surface area contributed by atoms with Crippen LogP contribution in [0.15, 0.2) is 46.6 Å². The molecule has 2 aromatic rings. The van der Waals surface area contributed by atoms with Crippen molar-refractivity contribution in [3.8, 4) is 23.0 Å². The smallest absolute Gasteiger partial charge is 0.128 e. The Morgan fingerprint density at radius 1 is 0.650 bits per heavy atom. The summed E-state index contributed by atoms with van der Waals surface area (Å²) in [5.41, 5.74) is 0.796. The summed E-state index contributed by atoms with van der Waals surface area (Å²) in [5, 5.41) is 44.7. The van der Waals surface area contributed by atoms with Gasteiger partial charge in [0.1, 0.15) is 23.0 Å². The molecule has 0 aliphatic heterocycles. The molecule has 2 aromatic carbocycles. The second-order valence-electron chi connectivity index (χ2n) is 3.98. The Bertz CT molecular complexity index is 621. The molecule has 0 bridgehead atoms. The maximum absolute atomic E-state index is 9.51. The third-order valence-electron chi connectivity index (χ3n) is 2.49. The third-order valence-corrected chi connectivity index (χ3v) is 2.49. The van der Waals surface area contributed by atoms with Crippen LogP contribution in [-0.2, 0) is 0 Å². The van der Waals surface area contributed by atoms with E-state index in [4.69, 9.17) is 10.2 Å². The van der Waals surface area contributed by atoms with E-state index in [0.29, 0.717) is 11.1 Å². The summed E-state index contributed by atoms with van der Waals surface area (Å²) in [4.78, 5) is 0. The number of hydrogen-bond acceptors (Lipinski definition) is 6. The second-order valence-corrected chi connectivity index (χ2v) is 3.98.